The first-order valence-corrected chi connectivity index (χ1v) is 9.83. The first-order valence-electron chi connectivity index (χ1n) is 6.85. The molecule has 1 aliphatic carbocycles. The molecule has 1 aromatic carbocycles. The number of hydrogen-bond acceptors (Lipinski definition) is 4. The van der Waals surface area contributed by atoms with Crippen molar-refractivity contribution in [3.05, 3.63) is 35.4 Å². The lowest BCUT2D eigenvalue weighted by Gasteiger charge is -2.21. The Labute approximate surface area is 156 Å². The third kappa shape index (κ3) is 3.31. The Morgan fingerprint density at radius 3 is 2.76 bits per heavy atom. The van der Waals surface area contributed by atoms with E-state index in [2.05, 4.69) is 62.3 Å². The lowest BCUT2D eigenvalue weighted by atomic mass is 9.87. The van der Waals surface area contributed by atoms with Gasteiger partial charge in [0.2, 0.25) is 0 Å². The highest BCUT2D eigenvalue weighted by Gasteiger charge is 2.24. The average Bonchev–Trinajstić information content (AvgIpc) is 2.80. The van der Waals surface area contributed by atoms with Gasteiger partial charge in [-0.3, -0.25) is 0 Å². The van der Waals surface area contributed by atoms with E-state index in [4.69, 9.17) is 10.5 Å². The number of aryl methyl sites for hydroxylation is 1. The predicted molar refractivity (Wildman–Crippen MR) is 104 cm³/mol. The van der Waals surface area contributed by atoms with Crippen molar-refractivity contribution in [3.8, 4) is 5.75 Å². The molecule has 0 saturated heterocycles. The maximum absolute atomic E-state index is 5.89. The molecular weight excluding hydrogens is 510 g/mol. The van der Waals surface area contributed by atoms with Crippen LogP contribution in [0, 0.1) is 7.14 Å². The molecule has 112 valence electrons. The van der Waals surface area contributed by atoms with Crippen LogP contribution in [0.1, 0.15) is 34.9 Å². The molecule has 21 heavy (non-hydrogen) atoms. The highest BCUT2D eigenvalue weighted by atomic mass is 127. The minimum atomic E-state index is 0.559. The molecule has 0 amide bonds. The maximum atomic E-state index is 5.89. The van der Waals surface area contributed by atoms with E-state index in [1.54, 1.807) is 18.4 Å². The van der Waals surface area contributed by atoms with Crippen molar-refractivity contribution in [2.75, 3.05) is 12.8 Å². The molecule has 1 aromatic heterocycles. The number of nitrogens with two attached hydrogens (primary N) is 1. The van der Waals surface area contributed by atoms with Gasteiger partial charge in [0.1, 0.15) is 5.75 Å². The van der Waals surface area contributed by atoms with Crippen LogP contribution in [0.5, 0.6) is 5.75 Å². The number of halogens is 2. The van der Waals surface area contributed by atoms with E-state index in [9.17, 15) is 0 Å². The van der Waals surface area contributed by atoms with Crippen LogP contribution in [0.25, 0.3) is 0 Å². The molecular formula is C15H16I2N2OS. The van der Waals surface area contributed by atoms with Crippen molar-refractivity contribution in [1.82, 2.24) is 4.98 Å². The van der Waals surface area contributed by atoms with Crippen LogP contribution < -0.4 is 10.5 Å². The first-order chi connectivity index (χ1) is 10.1. The van der Waals surface area contributed by atoms with Crippen molar-refractivity contribution >= 4 is 61.7 Å². The molecule has 0 spiro atoms. The molecule has 0 aliphatic heterocycles. The molecule has 1 aliphatic rings. The summed E-state index contributed by atoms with van der Waals surface area (Å²) in [6.45, 7) is 0. The largest absolute Gasteiger partial charge is 0.495 e. The van der Waals surface area contributed by atoms with E-state index in [0.29, 0.717) is 11.0 Å². The number of nitrogens with zero attached hydrogens (tertiary/aromatic N) is 1. The summed E-state index contributed by atoms with van der Waals surface area (Å²) in [5.41, 5.74) is 8.49. The topological polar surface area (TPSA) is 48.1 Å². The summed E-state index contributed by atoms with van der Waals surface area (Å²) in [5, 5.41) is 0.714. The normalized spacial score (nSPS) is 17.6. The van der Waals surface area contributed by atoms with Gasteiger partial charge in [0, 0.05) is 4.88 Å². The Morgan fingerprint density at radius 1 is 1.38 bits per heavy atom. The molecule has 0 radical (unpaired) electrons. The summed E-state index contributed by atoms with van der Waals surface area (Å²) < 4.78 is 7.80. The summed E-state index contributed by atoms with van der Waals surface area (Å²) in [6.07, 6.45) is 4.58. The number of benzene rings is 1. The third-order valence-corrected chi connectivity index (χ3v) is 6.52. The Hall–Kier alpha value is -0.0900. The lowest BCUT2D eigenvalue weighted by molar-refractivity contribution is 0.408. The van der Waals surface area contributed by atoms with Gasteiger partial charge < -0.3 is 10.5 Å². The van der Waals surface area contributed by atoms with Crippen LogP contribution in [-0.4, -0.2) is 12.1 Å². The van der Waals surface area contributed by atoms with Crippen molar-refractivity contribution in [2.24, 2.45) is 0 Å². The molecule has 3 rings (SSSR count). The van der Waals surface area contributed by atoms with Crippen molar-refractivity contribution in [2.45, 2.75) is 31.6 Å². The summed E-state index contributed by atoms with van der Waals surface area (Å²) >= 11 is 6.37. The zero-order chi connectivity index (χ0) is 15.0. The van der Waals surface area contributed by atoms with Crippen LogP contribution in [-0.2, 0) is 12.8 Å². The molecule has 1 heterocycles. The van der Waals surface area contributed by atoms with E-state index in [0.717, 1.165) is 18.6 Å². The Balaban J connectivity index is 1.88. The molecule has 6 heteroatoms. The molecule has 0 bridgehead atoms. The van der Waals surface area contributed by atoms with Gasteiger partial charge in [-0.2, -0.15) is 0 Å². The number of anilines is 1. The summed E-state index contributed by atoms with van der Waals surface area (Å²) in [6, 6.07) is 4.47. The number of rotatable bonds is 3. The van der Waals surface area contributed by atoms with Gasteiger partial charge in [0.05, 0.1) is 19.9 Å². The Morgan fingerprint density at radius 2 is 2.10 bits per heavy atom. The molecule has 2 aromatic rings. The summed E-state index contributed by atoms with van der Waals surface area (Å²) in [5.74, 6) is 1.54. The monoisotopic (exact) mass is 526 g/mol. The summed E-state index contributed by atoms with van der Waals surface area (Å²) in [7, 11) is 1.73. The fourth-order valence-corrected chi connectivity index (χ4v) is 6.28. The van der Waals surface area contributed by atoms with E-state index in [-0.39, 0.29) is 0 Å². The number of ether oxygens (including phenoxy) is 1. The van der Waals surface area contributed by atoms with Gasteiger partial charge in [0.15, 0.2) is 5.13 Å². The van der Waals surface area contributed by atoms with Gasteiger partial charge >= 0.3 is 0 Å². The fraction of sp³-hybridized carbons (Fsp3) is 0.400. The zero-order valence-electron chi connectivity index (χ0n) is 11.7. The van der Waals surface area contributed by atoms with Gasteiger partial charge in [-0.1, -0.05) is 0 Å². The van der Waals surface area contributed by atoms with Crippen LogP contribution in [0.15, 0.2) is 12.1 Å². The first kappa shape index (κ1) is 15.8. The van der Waals surface area contributed by atoms with Crippen LogP contribution in [0.4, 0.5) is 5.13 Å². The number of fused-ring (bicyclic) bond motifs is 1. The zero-order valence-corrected chi connectivity index (χ0v) is 16.8. The van der Waals surface area contributed by atoms with Crippen LogP contribution >= 0.6 is 56.5 Å². The van der Waals surface area contributed by atoms with Gasteiger partial charge in [-0.05, 0) is 94.5 Å². The van der Waals surface area contributed by atoms with Crippen molar-refractivity contribution in [3.63, 3.8) is 0 Å². The quantitative estimate of drug-likeness (QED) is 0.595. The van der Waals surface area contributed by atoms with E-state index >= 15 is 0 Å². The van der Waals surface area contributed by atoms with E-state index < -0.39 is 0 Å². The minimum Gasteiger partial charge on any atom is -0.495 e. The SMILES string of the molecule is COc1c(I)cc(CC2CCCc3nc(N)sc32)cc1I. The standard InChI is InChI=1S/C15H16I2N2OS/c1-20-13-10(16)6-8(7-11(13)17)5-9-3-2-4-12-14(9)21-15(18)19-12/h6-7,9H,2-5H2,1H3,(H2,18,19). The smallest absolute Gasteiger partial charge is 0.180 e. The Kier molecular flexibility index (Phi) is 4.94. The predicted octanol–water partition coefficient (Wildman–Crippen LogP) is 4.61. The van der Waals surface area contributed by atoms with Gasteiger partial charge in [0.25, 0.3) is 0 Å². The highest BCUT2D eigenvalue weighted by Crippen LogP contribution is 2.39. The number of nitrogen functional groups attached to an aromatic ring is 1. The average molecular weight is 526 g/mol. The molecule has 0 saturated carbocycles. The number of thiazole rings is 1. The molecule has 1 unspecified atom stereocenters. The lowest BCUT2D eigenvalue weighted by Crippen LogP contribution is -2.10. The number of hydrogen-bond donors (Lipinski definition) is 1. The van der Waals surface area contributed by atoms with E-state index in [1.807, 2.05) is 0 Å². The molecule has 2 N–H and O–H groups in total. The number of methoxy groups -OCH3 is 1. The molecule has 3 nitrogen and oxygen atoms in total. The van der Waals surface area contributed by atoms with Crippen LogP contribution in [0.3, 0.4) is 0 Å². The van der Waals surface area contributed by atoms with Crippen molar-refractivity contribution in [1.29, 1.82) is 0 Å². The van der Waals surface area contributed by atoms with Gasteiger partial charge in [-0.15, -0.1) is 11.3 Å². The molecule has 1 atom stereocenters. The third-order valence-electron chi connectivity index (χ3n) is 3.83. The van der Waals surface area contributed by atoms with Crippen molar-refractivity contribution < 1.29 is 4.74 Å². The fourth-order valence-electron chi connectivity index (χ4n) is 2.93. The van der Waals surface area contributed by atoms with Gasteiger partial charge in [-0.25, -0.2) is 4.98 Å². The van der Waals surface area contributed by atoms with E-state index in [1.165, 1.54) is 36.1 Å². The second kappa shape index (κ2) is 6.57. The van der Waals surface area contributed by atoms with Crippen LogP contribution in [0.2, 0.25) is 0 Å². The number of aromatic nitrogens is 1. The Bertz CT molecular complexity index is 649. The second-order valence-electron chi connectivity index (χ2n) is 5.25. The molecule has 0 fully saturated rings. The maximum Gasteiger partial charge on any atom is 0.180 e. The summed E-state index contributed by atoms with van der Waals surface area (Å²) in [4.78, 5) is 5.88. The second-order valence-corrected chi connectivity index (χ2v) is 8.64. The minimum absolute atomic E-state index is 0.559. The highest BCUT2D eigenvalue weighted by molar-refractivity contribution is 14.1.